The molecule has 2 nitrogen and oxygen atoms in total. The Morgan fingerprint density at radius 3 is 2.55 bits per heavy atom. The van der Waals surface area contributed by atoms with Gasteiger partial charge in [0.1, 0.15) is 5.82 Å². The standard InChI is InChI=1S/C14H11BrClFN2S/c15-7-8-18-13-3-1-2-4-14(13)19(20-18)12-6-5-10(16)9-11(12)17/h1-6,9H,7-8H2. The van der Waals surface area contributed by atoms with Gasteiger partial charge in [-0.2, -0.15) is 0 Å². The third-order valence-electron chi connectivity index (χ3n) is 2.97. The van der Waals surface area contributed by atoms with E-state index in [4.69, 9.17) is 11.6 Å². The molecule has 0 fully saturated rings. The van der Waals surface area contributed by atoms with Crippen LogP contribution in [0.25, 0.3) is 0 Å². The number of benzene rings is 2. The van der Waals surface area contributed by atoms with Gasteiger partial charge < -0.3 is 0 Å². The molecule has 2 aromatic carbocycles. The van der Waals surface area contributed by atoms with E-state index in [9.17, 15) is 4.39 Å². The van der Waals surface area contributed by atoms with Gasteiger partial charge in [-0.05, 0) is 30.3 Å². The van der Waals surface area contributed by atoms with E-state index in [2.05, 4.69) is 20.2 Å². The second-order valence-electron chi connectivity index (χ2n) is 4.25. The maximum atomic E-state index is 14.1. The average Bonchev–Trinajstić information content (AvgIpc) is 2.79. The fraction of sp³-hybridized carbons (Fsp3) is 0.143. The van der Waals surface area contributed by atoms with Gasteiger partial charge in [0.25, 0.3) is 0 Å². The maximum Gasteiger partial charge on any atom is 0.149 e. The first-order chi connectivity index (χ1) is 9.70. The van der Waals surface area contributed by atoms with E-state index in [-0.39, 0.29) is 5.82 Å². The molecule has 0 N–H and O–H groups in total. The predicted octanol–water partition coefficient (Wildman–Crippen LogP) is 5.40. The minimum absolute atomic E-state index is 0.319. The summed E-state index contributed by atoms with van der Waals surface area (Å²) in [5, 5.41) is 1.26. The molecule has 0 radical (unpaired) electrons. The average molecular weight is 374 g/mol. The Bertz CT molecular complexity index is 640. The van der Waals surface area contributed by atoms with Crippen molar-refractivity contribution >= 4 is 56.7 Å². The van der Waals surface area contributed by atoms with Gasteiger partial charge in [0.05, 0.1) is 29.2 Å². The summed E-state index contributed by atoms with van der Waals surface area (Å²) in [6, 6.07) is 12.7. The first kappa shape index (κ1) is 14.0. The van der Waals surface area contributed by atoms with E-state index in [0.717, 1.165) is 23.2 Å². The molecule has 1 aliphatic heterocycles. The van der Waals surface area contributed by atoms with Gasteiger partial charge in [-0.1, -0.05) is 39.7 Å². The van der Waals surface area contributed by atoms with Crippen LogP contribution in [0.4, 0.5) is 21.5 Å². The van der Waals surface area contributed by atoms with Crippen LogP contribution in [0, 0.1) is 5.82 Å². The molecule has 0 amide bonds. The van der Waals surface area contributed by atoms with Crippen LogP contribution in [0.2, 0.25) is 5.02 Å². The number of halogens is 3. The van der Waals surface area contributed by atoms with Gasteiger partial charge in [0, 0.05) is 16.9 Å². The molecule has 1 heterocycles. The third-order valence-corrected chi connectivity index (χ3v) is 4.69. The molecule has 0 bridgehead atoms. The van der Waals surface area contributed by atoms with Crippen LogP contribution in [0.5, 0.6) is 0 Å². The van der Waals surface area contributed by atoms with Crippen molar-refractivity contribution in [2.45, 2.75) is 0 Å². The zero-order valence-electron chi connectivity index (χ0n) is 10.4. The maximum absolute atomic E-state index is 14.1. The van der Waals surface area contributed by atoms with Gasteiger partial charge in [-0.3, -0.25) is 8.61 Å². The molecule has 0 unspecified atom stereocenters. The highest BCUT2D eigenvalue weighted by molar-refractivity contribution is 9.09. The monoisotopic (exact) mass is 372 g/mol. The summed E-state index contributed by atoms with van der Waals surface area (Å²) in [5.41, 5.74) is 2.59. The lowest BCUT2D eigenvalue weighted by Gasteiger charge is -2.19. The van der Waals surface area contributed by atoms with E-state index < -0.39 is 0 Å². The normalized spacial score (nSPS) is 13.8. The first-order valence-electron chi connectivity index (χ1n) is 6.06. The van der Waals surface area contributed by atoms with Crippen LogP contribution < -0.4 is 8.61 Å². The Morgan fingerprint density at radius 2 is 1.85 bits per heavy atom. The summed E-state index contributed by atoms with van der Waals surface area (Å²) < 4.78 is 18.2. The Kier molecular flexibility index (Phi) is 4.10. The number of nitrogens with zero attached hydrogens (tertiary/aromatic N) is 2. The fourth-order valence-electron chi connectivity index (χ4n) is 2.09. The van der Waals surface area contributed by atoms with Gasteiger partial charge in [-0.15, -0.1) is 0 Å². The molecular weight excluding hydrogens is 363 g/mol. The minimum atomic E-state index is -0.319. The zero-order chi connectivity index (χ0) is 14.1. The summed E-state index contributed by atoms with van der Waals surface area (Å²) in [6.07, 6.45) is 0. The van der Waals surface area contributed by atoms with Crippen molar-refractivity contribution in [1.29, 1.82) is 0 Å². The summed E-state index contributed by atoms with van der Waals surface area (Å²) in [4.78, 5) is 0. The van der Waals surface area contributed by atoms with Gasteiger partial charge in [0.15, 0.2) is 0 Å². The van der Waals surface area contributed by atoms with E-state index in [0.29, 0.717) is 10.7 Å². The SMILES string of the molecule is Fc1cc(Cl)ccc1N1SN(CCBr)c2ccccc21. The molecule has 104 valence electrons. The molecular formula is C14H11BrClFN2S. The first-order valence-corrected chi connectivity index (χ1v) is 8.29. The van der Waals surface area contributed by atoms with Crippen molar-refractivity contribution in [3.05, 3.63) is 53.3 Å². The molecule has 20 heavy (non-hydrogen) atoms. The Morgan fingerprint density at radius 1 is 1.10 bits per heavy atom. The quantitative estimate of drug-likeness (QED) is 0.526. The van der Waals surface area contributed by atoms with Gasteiger partial charge in [0.2, 0.25) is 0 Å². The number of hydrogen-bond donors (Lipinski definition) is 0. The topological polar surface area (TPSA) is 6.48 Å². The molecule has 0 saturated heterocycles. The number of anilines is 3. The Hall–Kier alpha value is -0.910. The van der Waals surface area contributed by atoms with Crippen molar-refractivity contribution in [2.75, 3.05) is 20.5 Å². The van der Waals surface area contributed by atoms with Crippen LogP contribution in [0.1, 0.15) is 0 Å². The molecule has 2 aromatic rings. The largest absolute Gasteiger partial charge is 0.295 e. The minimum Gasteiger partial charge on any atom is -0.295 e. The lowest BCUT2D eigenvalue weighted by atomic mass is 10.2. The molecule has 0 aliphatic carbocycles. The fourth-order valence-corrected chi connectivity index (χ4v) is 3.93. The van der Waals surface area contributed by atoms with E-state index in [1.807, 2.05) is 28.6 Å². The van der Waals surface area contributed by atoms with Crippen LogP contribution in [-0.2, 0) is 0 Å². The lowest BCUT2D eigenvalue weighted by molar-refractivity contribution is 0.630. The smallest absolute Gasteiger partial charge is 0.149 e. The number of hydrogen-bond acceptors (Lipinski definition) is 3. The third kappa shape index (κ3) is 2.50. The molecule has 0 saturated carbocycles. The highest BCUT2D eigenvalue weighted by Crippen LogP contribution is 2.49. The van der Waals surface area contributed by atoms with E-state index in [1.54, 1.807) is 12.1 Å². The van der Waals surface area contributed by atoms with E-state index in [1.165, 1.54) is 18.2 Å². The van der Waals surface area contributed by atoms with Crippen molar-refractivity contribution in [3.8, 4) is 0 Å². The summed E-state index contributed by atoms with van der Waals surface area (Å²) in [7, 11) is 0. The van der Waals surface area contributed by atoms with Crippen molar-refractivity contribution in [3.63, 3.8) is 0 Å². The van der Waals surface area contributed by atoms with Gasteiger partial charge in [-0.25, -0.2) is 4.39 Å². The van der Waals surface area contributed by atoms with Crippen LogP contribution in [0.15, 0.2) is 42.5 Å². The molecule has 6 heteroatoms. The second-order valence-corrected chi connectivity index (χ2v) is 6.45. The predicted molar refractivity (Wildman–Crippen MR) is 88.7 cm³/mol. The summed E-state index contributed by atoms with van der Waals surface area (Å²) >= 11 is 10.8. The summed E-state index contributed by atoms with van der Waals surface area (Å²) in [6.45, 7) is 0.841. The Labute approximate surface area is 134 Å². The van der Waals surface area contributed by atoms with E-state index >= 15 is 0 Å². The summed E-state index contributed by atoms with van der Waals surface area (Å²) in [5.74, 6) is -0.319. The second kappa shape index (κ2) is 5.84. The molecule has 3 rings (SSSR count). The van der Waals surface area contributed by atoms with Crippen molar-refractivity contribution < 1.29 is 4.39 Å². The zero-order valence-corrected chi connectivity index (χ0v) is 13.6. The van der Waals surface area contributed by atoms with Crippen LogP contribution in [-0.4, -0.2) is 11.9 Å². The van der Waals surface area contributed by atoms with Crippen molar-refractivity contribution in [2.24, 2.45) is 0 Å². The molecule has 0 aromatic heterocycles. The number of alkyl halides is 1. The lowest BCUT2D eigenvalue weighted by Crippen LogP contribution is -2.16. The molecule has 1 aliphatic rings. The molecule has 0 spiro atoms. The van der Waals surface area contributed by atoms with Crippen LogP contribution in [0.3, 0.4) is 0 Å². The Balaban J connectivity index is 2.03. The van der Waals surface area contributed by atoms with Crippen molar-refractivity contribution in [1.82, 2.24) is 0 Å². The number of para-hydroxylation sites is 2. The van der Waals surface area contributed by atoms with Gasteiger partial charge >= 0.3 is 0 Å². The number of fused-ring (bicyclic) bond motifs is 1. The highest BCUT2D eigenvalue weighted by atomic mass is 79.9. The number of rotatable bonds is 3. The highest BCUT2D eigenvalue weighted by Gasteiger charge is 2.29. The van der Waals surface area contributed by atoms with Crippen LogP contribution >= 0.6 is 39.7 Å². The molecule has 0 atom stereocenters.